The number of hydrogen-bond acceptors (Lipinski definition) is 7. The van der Waals surface area contributed by atoms with Crippen LogP contribution in [-0.2, 0) is 43.0 Å². The lowest BCUT2D eigenvalue weighted by Crippen LogP contribution is -2.51. The smallest absolute Gasteiger partial charge is 0.408 e. The Kier molecular flexibility index (Phi) is 12.5. The largest absolute Gasteiger partial charge is 0.479 e. The molecule has 0 saturated heterocycles. The molecule has 4 atom stereocenters. The Hall–Kier alpha value is -4.02. The van der Waals surface area contributed by atoms with Crippen molar-refractivity contribution in [2.75, 3.05) is 0 Å². The molecule has 3 aromatic carbocycles. The number of alkyl carbamates (subject to hydrolysis) is 1. The zero-order valence-electron chi connectivity index (χ0n) is 24.1. The van der Waals surface area contributed by atoms with E-state index < -0.39 is 49.4 Å². The molecule has 0 aliphatic heterocycles. The van der Waals surface area contributed by atoms with Crippen molar-refractivity contribution < 1.29 is 38.2 Å². The van der Waals surface area contributed by atoms with Crippen molar-refractivity contribution >= 4 is 25.6 Å². The van der Waals surface area contributed by atoms with E-state index in [4.69, 9.17) is 15.0 Å². The first-order valence-corrected chi connectivity index (χ1v) is 15.5. The average molecular weight is 612 g/mol. The highest BCUT2D eigenvalue weighted by molar-refractivity contribution is 7.53. The van der Waals surface area contributed by atoms with Crippen molar-refractivity contribution in [1.82, 2.24) is 10.6 Å². The minimum atomic E-state index is -4.80. The molecule has 2 amide bonds. The van der Waals surface area contributed by atoms with E-state index in [1.54, 1.807) is 50.2 Å². The third-order valence-electron chi connectivity index (χ3n) is 6.63. The minimum absolute atomic E-state index is 0.0179. The van der Waals surface area contributed by atoms with Crippen molar-refractivity contribution in [3.8, 4) is 0 Å². The number of carbonyl (C=O) groups is 3. The number of carbonyl (C=O) groups excluding carboxylic acids is 2. The molecule has 11 nitrogen and oxygen atoms in total. The molecule has 43 heavy (non-hydrogen) atoms. The standard InChI is InChI=1S/C31H38N3O8P/c1-21(2)29(43(39,40)42-27(30(36)37)25-15-9-14-24(18-25)19-32)34-28(35)26(17-16-22-10-5-3-6-11-22)33-31(38)41-20-23-12-7-4-8-13-23/h3-15,18,21,26-27,29H,16-17,19-20,32H2,1-2H3,(H,33,38)(H,34,35)(H,36,37)(H,39,40). The van der Waals surface area contributed by atoms with E-state index in [1.807, 2.05) is 36.4 Å². The molecule has 4 unspecified atom stereocenters. The van der Waals surface area contributed by atoms with Crippen LogP contribution in [0.2, 0.25) is 0 Å². The molecule has 0 aliphatic carbocycles. The van der Waals surface area contributed by atoms with Crippen LogP contribution < -0.4 is 16.4 Å². The molecular weight excluding hydrogens is 573 g/mol. The fraction of sp³-hybridized carbons (Fsp3) is 0.323. The van der Waals surface area contributed by atoms with Crippen LogP contribution in [0, 0.1) is 5.92 Å². The van der Waals surface area contributed by atoms with Gasteiger partial charge in [0.15, 0.2) is 6.10 Å². The Bertz CT molecular complexity index is 1400. The number of carboxylic acid groups (broad SMARTS) is 1. The van der Waals surface area contributed by atoms with Gasteiger partial charge in [-0.05, 0) is 41.0 Å². The summed E-state index contributed by atoms with van der Waals surface area (Å²) in [6.45, 7) is 3.29. The molecule has 0 heterocycles. The first-order chi connectivity index (χ1) is 20.5. The van der Waals surface area contributed by atoms with Crippen LogP contribution in [0.3, 0.4) is 0 Å². The van der Waals surface area contributed by atoms with Gasteiger partial charge >= 0.3 is 19.7 Å². The number of aliphatic carboxylic acids is 1. The number of nitrogens with one attached hydrogen (secondary N) is 2. The minimum Gasteiger partial charge on any atom is -0.479 e. The summed E-state index contributed by atoms with van der Waals surface area (Å²) in [5, 5.41) is 14.9. The fourth-order valence-electron chi connectivity index (χ4n) is 4.35. The van der Waals surface area contributed by atoms with E-state index in [2.05, 4.69) is 10.6 Å². The summed E-state index contributed by atoms with van der Waals surface area (Å²) in [5.41, 5.74) is 8.07. The molecule has 0 bridgehead atoms. The second kappa shape index (κ2) is 16.0. The maximum absolute atomic E-state index is 13.5. The van der Waals surface area contributed by atoms with Gasteiger partial charge in [0.25, 0.3) is 0 Å². The number of carboxylic acids is 1. The number of benzene rings is 3. The van der Waals surface area contributed by atoms with E-state index in [0.717, 1.165) is 11.1 Å². The predicted octanol–water partition coefficient (Wildman–Crippen LogP) is 4.50. The summed E-state index contributed by atoms with van der Waals surface area (Å²) < 4.78 is 24.2. The summed E-state index contributed by atoms with van der Waals surface area (Å²) in [7, 11) is -4.80. The van der Waals surface area contributed by atoms with Crippen LogP contribution in [-0.4, -0.2) is 39.8 Å². The van der Waals surface area contributed by atoms with Gasteiger partial charge in [-0.25, -0.2) is 9.59 Å². The maximum atomic E-state index is 13.5. The zero-order valence-corrected chi connectivity index (χ0v) is 25.0. The highest BCUT2D eigenvalue weighted by atomic mass is 31.2. The van der Waals surface area contributed by atoms with Gasteiger partial charge in [-0.3, -0.25) is 13.9 Å². The molecule has 230 valence electrons. The summed E-state index contributed by atoms with van der Waals surface area (Å²) in [6, 6.07) is 23.4. The van der Waals surface area contributed by atoms with Gasteiger partial charge in [0.2, 0.25) is 5.91 Å². The highest BCUT2D eigenvalue weighted by Gasteiger charge is 2.42. The predicted molar refractivity (Wildman–Crippen MR) is 161 cm³/mol. The number of hydrogen-bond donors (Lipinski definition) is 5. The van der Waals surface area contributed by atoms with Gasteiger partial charge in [-0.15, -0.1) is 0 Å². The molecule has 3 aromatic rings. The van der Waals surface area contributed by atoms with Gasteiger partial charge in [0.1, 0.15) is 18.4 Å². The highest BCUT2D eigenvalue weighted by Crippen LogP contribution is 2.53. The molecular formula is C31H38N3O8P. The number of ether oxygens (including phenoxy) is 1. The van der Waals surface area contributed by atoms with Crippen LogP contribution in [0.25, 0.3) is 0 Å². The Labute approximate surface area is 250 Å². The lowest BCUT2D eigenvalue weighted by Gasteiger charge is -2.30. The molecule has 0 spiro atoms. The number of nitrogens with two attached hydrogens (primary N) is 1. The van der Waals surface area contributed by atoms with Gasteiger partial charge in [0, 0.05) is 6.54 Å². The van der Waals surface area contributed by atoms with Crippen molar-refractivity contribution in [2.24, 2.45) is 11.7 Å². The van der Waals surface area contributed by atoms with Crippen LogP contribution in [0.1, 0.15) is 48.6 Å². The lowest BCUT2D eigenvalue weighted by molar-refractivity contribution is -0.145. The molecule has 0 radical (unpaired) electrons. The monoisotopic (exact) mass is 611 g/mol. The Balaban J connectivity index is 1.78. The zero-order chi connectivity index (χ0) is 31.4. The van der Waals surface area contributed by atoms with Crippen molar-refractivity contribution in [3.63, 3.8) is 0 Å². The molecule has 3 rings (SSSR count). The van der Waals surface area contributed by atoms with Crippen molar-refractivity contribution in [1.29, 1.82) is 0 Å². The molecule has 0 aromatic heterocycles. The fourth-order valence-corrected chi connectivity index (χ4v) is 6.04. The topological polar surface area (TPSA) is 177 Å². The third-order valence-corrected chi connectivity index (χ3v) is 8.57. The van der Waals surface area contributed by atoms with Crippen LogP contribution in [0.15, 0.2) is 84.9 Å². The van der Waals surface area contributed by atoms with Crippen molar-refractivity contribution in [2.45, 2.75) is 57.8 Å². The summed E-state index contributed by atoms with van der Waals surface area (Å²) >= 11 is 0. The second-order valence-electron chi connectivity index (χ2n) is 10.3. The Morgan fingerprint density at radius 3 is 2.07 bits per heavy atom. The van der Waals surface area contributed by atoms with E-state index in [0.29, 0.717) is 12.0 Å². The number of aryl methyl sites for hydroxylation is 1. The first-order valence-electron chi connectivity index (χ1n) is 13.8. The first kappa shape index (κ1) is 33.5. The molecule has 0 fully saturated rings. The summed E-state index contributed by atoms with van der Waals surface area (Å²) in [6.07, 6.45) is -2.06. The number of amides is 2. The van der Waals surface area contributed by atoms with Crippen molar-refractivity contribution in [3.05, 3.63) is 107 Å². The third kappa shape index (κ3) is 10.3. The summed E-state index contributed by atoms with van der Waals surface area (Å²) in [5.74, 6) is -4.37. The maximum Gasteiger partial charge on any atom is 0.408 e. The summed E-state index contributed by atoms with van der Waals surface area (Å²) in [4.78, 5) is 49.3. The molecule has 0 saturated carbocycles. The Morgan fingerprint density at radius 1 is 0.884 bits per heavy atom. The van der Waals surface area contributed by atoms with Gasteiger partial charge < -0.3 is 31.1 Å². The van der Waals surface area contributed by atoms with Gasteiger partial charge in [0.05, 0.1) is 0 Å². The SMILES string of the molecule is CC(C)C(NC(=O)C(CCc1ccccc1)NC(=O)OCc1ccccc1)P(=O)(O)OC(C(=O)O)c1cccc(CN)c1. The molecule has 0 aliphatic rings. The quantitative estimate of drug-likeness (QED) is 0.155. The van der Waals surface area contributed by atoms with E-state index >= 15 is 0 Å². The van der Waals surface area contributed by atoms with Crippen LogP contribution >= 0.6 is 7.60 Å². The van der Waals surface area contributed by atoms with E-state index in [9.17, 15) is 28.9 Å². The number of rotatable bonds is 15. The van der Waals surface area contributed by atoms with Crippen LogP contribution in [0.5, 0.6) is 0 Å². The van der Waals surface area contributed by atoms with Gasteiger partial charge in [-0.2, -0.15) is 0 Å². The molecule has 12 heteroatoms. The lowest BCUT2D eigenvalue weighted by atomic mass is 10.0. The van der Waals surface area contributed by atoms with Gasteiger partial charge in [-0.1, -0.05) is 98.8 Å². The molecule has 6 N–H and O–H groups in total. The van der Waals surface area contributed by atoms with Crippen LogP contribution in [0.4, 0.5) is 4.79 Å². The van der Waals surface area contributed by atoms with E-state index in [1.165, 1.54) is 12.1 Å². The normalized spacial score (nSPS) is 14.6. The Morgan fingerprint density at radius 2 is 1.49 bits per heavy atom. The van der Waals surface area contributed by atoms with E-state index in [-0.39, 0.29) is 25.1 Å². The second-order valence-corrected chi connectivity index (χ2v) is 12.2. The average Bonchev–Trinajstić information content (AvgIpc) is 3.00.